The number of rotatable bonds is 6. The first-order chi connectivity index (χ1) is 14.3. The second kappa shape index (κ2) is 9.15. The van der Waals surface area contributed by atoms with Crippen LogP contribution >= 0.6 is 12.2 Å². The Labute approximate surface area is 182 Å². The third-order valence-corrected chi connectivity index (χ3v) is 5.84. The van der Waals surface area contributed by atoms with E-state index >= 15 is 0 Å². The van der Waals surface area contributed by atoms with Gasteiger partial charge in [0.2, 0.25) is 0 Å². The molecule has 0 saturated heterocycles. The van der Waals surface area contributed by atoms with Crippen molar-refractivity contribution in [2.45, 2.75) is 18.7 Å². The van der Waals surface area contributed by atoms with Gasteiger partial charge in [-0.05, 0) is 85.7 Å². The summed E-state index contributed by atoms with van der Waals surface area (Å²) in [5.41, 5.74) is 4.22. The number of hydrogen-bond donors (Lipinski definition) is 3. The Bertz CT molecular complexity index is 1140. The summed E-state index contributed by atoms with van der Waals surface area (Å²) in [5.74, 6) is 0.446. The quantitative estimate of drug-likeness (QED) is 0.471. The monoisotopic (exact) mass is 441 g/mol. The van der Waals surface area contributed by atoms with Gasteiger partial charge in [-0.2, -0.15) is 0 Å². The highest BCUT2D eigenvalue weighted by Crippen LogP contribution is 2.26. The molecule has 156 valence electrons. The first-order valence-corrected chi connectivity index (χ1v) is 11.1. The van der Waals surface area contributed by atoms with Gasteiger partial charge in [-0.3, -0.25) is 4.72 Å². The predicted octanol–water partition coefficient (Wildman–Crippen LogP) is 4.92. The molecule has 0 aromatic heterocycles. The first-order valence-electron chi connectivity index (χ1n) is 9.19. The van der Waals surface area contributed by atoms with Gasteiger partial charge in [0.25, 0.3) is 10.0 Å². The maximum Gasteiger partial charge on any atom is 0.262 e. The van der Waals surface area contributed by atoms with E-state index in [0.717, 1.165) is 16.8 Å². The summed E-state index contributed by atoms with van der Waals surface area (Å²) < 4.78 is 33.1. The fourth-order valence-corrected chi connectivity index (χ4v) is 4.30. The molecule has 30 heavy (non-hydrogen) atoms. The molecule has 0 fully saturated rings. The van der Waals surface area contributed by atoms with Gasteiger partial charge in [-0.25, -0.2) is 8.42 Å². The lowest BCUT2D eigenvalue weighted by atomic mass is 10.1. The van der Waals surface area contributed by atoms with Crippen LogP contribution < -0.4 is 20.1 Å². The number of ether oxygens (including phenoxy) is 1. The molecule has 0 amide bonds. The standard InChI is InChI=1S/C22H23N3O3S2/c1-15-12-16(2)14-18(13-15)24-22(29)23-17-8-10-19(11-9-17)30(26,27)25-20-6-4-5-7-21(20)28-3/h4-14,25H,1-3H3,(H2,23,24,29). The molecule has 3 aromatic carbocycles. The maximum atomic E-state index is 12.7. The molecule has 0 saturated carbocycles. The highest BCUT2D eigenvalue weighted by Gasteiger charge is 2.16. The molecule has 0 unspecified atom stereocenters. The zero-order valence-electron chi connectivity index (χ0n) is 16.9. The molecule has 3 rings (SSSR count). The van der Waals surface area contributed by atoms with Crippen LogP contribution in [-0.2, 0) is 10.0 Å². The molecule has 0 spiro atoms. The van der Waals surface area contributed by atoms with Crippen molar-refractivity contribution >= 4 is 44.4 Å². The molecule has 0 atom stereocenters. The van der Waals surface area contributed by atoms with E-state index in [0.29, 0.717) is 22.2 Å². The Hall–Kier alpha value is -3.10. The number of nitrogens with one attached hydrogen (secondary N) is 3. The minimum Gasteiger partial charge on any atom is -0.495 e. The normalized spacial score (nSPS) is 10.9. The molecular formula is C22H23N3O3S2. The van der Waals surface area contributed by atoms with E-state index in [1.54, 1.807) is 36.4 Å². The van der Waals surface area contributed by atoms with Crippen molar-refractivity contribution in [3.63, 3.8) is 0 Å². The molecule has 6 nitrogen and oxygen atoms in total. The summed E-state index contributed by atoms with van der Waals surface area (Å²) in [7, 11) is -2.27. The third-order valence-electron chi connectivity index (χ3n) is 4.25. The van der Waals surface area contributed by atoms with Gasteiger partial charge >= 0.3 is 0 Å². The van der Waals surface area contributed by atoms with Crippen LogP contribution in [0.5, 0.6) is 5.75 Å². The van der Waals surface area contributed by atoms with Gasteiger partial charge < -0.3 is 15.4 Å². The molecule has 0 aliphatic carbocycles. The molecule has 0 heterocycles. The minimum atomic E-state index is -3.76. The van der Waals surface area contributed by atoms with Crippen LogP contribution in [0.3, 0.4) is 0 Å². The number of thiocarbonyl (C=S) groups is 1. The van der Waals surface area contributed by atoms with E-state index in [4.69, 9.17) is 17.0 Å². The number of hydrogen-bond acceptors (Lipinski definition) is 4. The van der Waals surface area contributed by atoms with E-state index in [9.17, 15) is 8.42 Å². The number of anilines is 3. The number of para-hydroxylation sites is 2. The van der Waals surface area contributed by atoms with Gasteiger partial charge in [0.05, 0.1) is 17.7 Å². The average molecular weight is 442 g/mol. The van der Waals surface area contributed by atoms with Crippen LogP contribution in [0.15, 0.2) is 71.6 Å². The van der Waals surface area contributed by atoms with Gasteiger partial charge in [0.15, 0.2) is 5.11 Å². The second-order valence-corrected chi connectivity index (χ2v) is 8.88. The summed E-state index contributed by atoms with van der Waals surface area (Å²) in [5, 5.41) is 6.62. The van der Waals surface area contributed by atoms with E-state index in [1.165, 1.54) is 19.2 Å². The lowest BCUT2D eigenvalue weighted by molar-refractivity contribution is 0.417. The van der Waals surface area contributed by atoms with Crippen LogP contribution in [0, 0.1) is 13.8 Å². The summed E-state index contributed by atoms with van der Waals surface area (Å²) in [4.78, 5) is 0.132. The number of methoxy groups -OCH3 is 1. The van der Waals surface area contributed by atoms with Crippen molar-refractivity contribution in [2.75, 3.05) is 22.5 Å². The molecule has 0 aliphatic heterocycles. The Kier molecular flexibility index (Phi) is 6.59. The molecule has 0 aliphatic rings. The number of benzene rings is 3. The van der Waals surface area contributed by atoms with Crippen molar-refractivity contribution in [1.29, 1.82) is 0 Å². The second-order valence-electron chi connectivity index (χ2n) is 6.79. The van der Waals surface area contributed by atoms with Crippen LogP contribution in [0.1, 0.15) is 11.1 Å². The molecule has 8 heteroatoms. The van der Waals surface area contributed by atoms with Crippen molar-refractivity contribution in [3.05, 3.63) is 77.9 Å². The summed E-state index contributed by atoms with van der Waals surface area (Å²) >= 11 is 5.36. The Morgan fingerprint density at radius 1 is 0.867 bits per heavy atom. The van der Waals surface area contributed by atoms with Crippen LogP contribution in [0.25, 0.3) is 0 Å². The van der Waals surface area contributed by atoms with E-state index in [-0.39, 0.29) is 4.90 Å². The van der Waals surface area contributed by atoms with E-state index in [1.807, 2.05) is 26.0 Å². The lowest BCUT2D eigenvalue weighted by Crippen LogP contribution is -2.19. The SMILES string of the molecule is COc1ccccc1NS(=O)(=O)c1ccc(NC(=S)Nc2cc(C)cc(C)c2)cc1. The molecule has 0 radical (unpaired) electrons. The predicted molar refractivity (Wildman–Crippen MR) is 126 cm³/mol. The third kappa shape index (κ3) is 5.49. The smallest absolute Gasteiger partial charge is 0.262 e. The first kappa shape index (κ1) is 21.6. The Morgan fingerprint density at radius 2 is 1.47 bits per heavy atom. The molecule has 3 N–H and O–H groups in total. The highest BCUT2D eigenvalue weighted by atomic mass is 32.2. The van der Waals surface area contributed by atoms with Gasteiger partial charge in [0.1, 0.15) is 5.75 Å². The summed E-state index contributed by atoms with van der Waals surface area (Å²) in [6, 6.07) is 19.3. The topological polar surface area (TPSA) is 79.5 Å². The Morgan fingerprint density at radius 3 is 2.10 bits per heavy atom. The van der Waals surface area contributed by atoms with Crippen molar-refractivity contribution in [3.8, 4) is 5.75 Å². The average Bonchev–Trinajstić information content (AvgIpc) is 2.67. The fourth-order valence-electron chi connectivity index (χ4n) is 2.99. The van der Waals surface area contributed by atoms with Gasteiger partial charge in [-0.15, -0.1) is 0 Å². The highest BCUT2D eigenvalue weighted by molar-refractivity contribution is 7.92. The van der Waals surface area contributed by atoms with Crippen molar-refractivity contribution in [2.24, 2.45) is 0 Å². The zero-order chi connectivity index (χ0) is 21.7. The van der Waals surface area contributed by atoms with Crippen molar-refractivity contribution in [1.82, 2.24) is 0 Å². The van der Waals surface area contributed by atoms with Gasteiger partial charge in [-0.1, -0.05) is 18.2 Å². The number of aryl methyl sites for hydroxylation is 2. The van der Waals surface area contributed by atoms with Crippen LogP contribution in [-0.4, -0.2) is 20.6 Å². The van der Waals surface area contributed by atoms with E-state index in [2.05, 4.69) is 21.4 Å². The molecule has 0 bridgehead atoms. The van der Waals surface area contributed by atoms with E-state index < -0.39 is 10.0 Å². The van der Waals surface area contributed by atoms with Crippen molar-refractivity contribution < 1.29 is 13.2 Å². The minimum absolute atomic E-state index is 0.132. The molecular weight excluding hydrogens is 418 g/mol. The summed E-state index contributed by atoms with van der Waals surface area (Å²) in [6.07, 6.45) is 0. The number of sulfonamides is 1. The van der Waals surface area contributed by atoms with Crippen LogP contribution in [0.2, 0.25) is 0 Å². The largest absolute Gasteiger partial charge is 0.495 e. The zero-order valence-corrected chi connectivity index (χ0v) is 18.5. The maximum absolute atomic E-state index is 12.7. The fraction of sp³-hybridized carbons (Fsp3) is 0.136. The molecule has 3 aromatic rings. The Balaban J connectivity index is 1.68. The summed E-state index contributed by atoms with van der Waals surface area (Å²) in [6.45, 7) is 4.04. The van der Waals surface area contributed by atoms with Gasteiger partial charge in [0, 0.05) is 11.4 Å². The lowest BCUT2D eigenvalue weighted by Gasteiger charge is -2.13. The van der Waals surface area contributed by atoms with Crippen LogP contribution in [0.4, 0.5) is 17.1 Å².